The van der Waals surface area contributed by atoms with Gasteiger partial charge in [0.2, 0.25) is 0 Å². The number of rotatable bonds is 4. The third kappa shape index (κ3) is 4.33. The van der Waals surface area contributed by atoms with E-state index in [1.54, 1.807) is 0 Å². The molecule has 11 rings (SSSR count). The topological polar surface area (TPSA) is 62.4 Å². The smallest absolute Gasteiger partial charge is 0.101 e. The second kappa shape index (κ2) is 11.8. The lowest BCUT2D eigenvalue weighted by Gasteiger charge is -2.17. The van der Waals surface area contributed by atoms with Crippen molar-refractivity contribution in [1.82, 2.24) is 13.7 Å². The van der Waals surface area contributed by atoms with Crippen molar-refractivity contribution in [3.05, 3.63) is 187 Å². The molecule has 0 bridgehead atoms. The molecular formula is C50H29N5. The lowest BCUT2D eigenvalue weighted by Crippen LogP contribution is -2.05. The Labute approximate surface area is 316 Å². The van der Waals surface area contributed by atoms with Gasteiger partial charge >= 0.3 is 0 Å². The van der Waals surface area contributed by atoms with Crippen molar-refractivity contribution in [3.8, 4) is 40.3 Å². The Balaban J connectivity index is 1.25. The van der Waals surface area contributed by atoms with Gasteiger partial charge in [-0.2, -0.15) is 10.5 Å². The number of aromatic nitrogens is 3. The summed E-state index contributed by atoms with van der Waals surface area (Å²) in [6, 6.07) is 65.9. The quantitative estimate of drug-likeness (QED) is 0.184. The van der Waals surface area contributed by atoms with Gasteiger partial charge in [-0.3, -0.25) is 0 Å². The van der Waals surface area contributed by atoms with E-state index in [9.17, 15) is 10.5 Å². The largest absolute Gasteiger partial charge is 0.309 e. The van der Waals surface area contributed by atoms with Crippen molar-refractivity contribution in [3.63, 3.8) is 0 Å². The molecule has 55 heavy (non-hydrogen) atoms. The third-order valence-corrected chi connectivity index (χ3v) is 11.1. The van der Waals surface area contributed by atoms with E-state index in [1.165, 1.54) is 10.8 Å². The standard InChI is InChI=1S/C50H29N5/c51-30-32-28-35(29-33(31-52)48(32)55-46-26-10-4-16-36(46)37-17-5-11-27-47(37)55)54-45-25-9-7-19-39(45)41-21-13-23-43(50(41)54)42-22-12-20-40-38-18-6-8-24-44(38)53(49(40)42)34-14-2-1-3-15-34/h1-29H. The van der Waals surface area contributed by atoms with E-state index in [4.69, 9.17) is 0 Å². The summed E-state index contributed by atoms with van der Waals surface area (Å²) in [5.41, 5.74) is 11.6. The van der Waals surface area contributed by atoms with Gasteiger partial charge in [0.25, 0.3) is 0 Å². The molecule has 0 aliphatic rings. The first-order valence-corrected chi connectivity index (χ1v) is 18.3. The van der Waals surface area contributed by atoms with Crippen LogP contribution in [0.5, 0.6) is 0 Å². The first-order chi connectivity index (χ1) is 27.2. The van der Waals surface area contributed by atoms with E-state index >= 15 is 0 Å². The molecular weight excluding hydrogens is 671 g/mol. The minimum atomic E-state index is 0.426. The zero-order valence-electron chi connectivity index (χ0n) is 29.5. The Morgan fingerprint density at radius 1 is 0.327 bits per heavy atom. The van der Waals surface area contributed by atoms with Gasteiger partial charge in [0.1, 0.15) is 12.1 Å². The zero-order valence-corrected chi connectivity index (χ0v) is 29.5. The molecule has 0 spiro atoms. The number of nitrogens with zero attached hydrogens (tertiary/aromatic N) is 5. The van der Waals surface area contributed by atoms with Crippen LogP contribution >= 0.6 is 0 Å². The molecule has 5 nitrogen and oxygen atoms in total. The highest BCUT2D eigenvalue weighted by atomic mass is 15.0. The Kier molecular flexibility index (Phi) is 6.61. The molecule has 0 saturated carbocycles. The highest BCUT2D eigenvalue weighted by molar-refractivity contribution is 6.19. The summed E-state index contributed by atoms with van der Waals surface area (Å²) in [7, 11) is 0. The van der Waals surface area contributed by atoms with Crippen LogP contribution in [0.4, 0.5) is 0 Å². The maximum atomic E-state index is 10.9. The predicted molar refractivity (Wildman–Crippen MR) is 224 cm³/mol. The van der Waals surface area contributed by atoms with Gasteiger partial charge in [0.05, 0.1) is 49.9 Å². The number of hydrogen-bond acceptors (Lipinski definition) is 2. The maximum Gasteiger partial charge on any atom is 0.101 e. The number of fused-ring (bicyclic) bond motifs is 9. The number of para-hydroxylation sites is 7. The van der Waals surface area contributed by atoms with Crippen LogP contribution in [0.1, 0.15) is 11.1 Å². The molecule has 0 N–H and O–H groups in total. The van der Waals surface area contributed by atoms with Gasteiger partial charge in [-0.05, 0) is 48.5 Å². The first kappa shape index (κ1) is 30.7. The molecule has 0 amide bonds. The van der Waals surface area contributed by atoms with Gasteiger partial charge in [-0.25, -0.2) is 0 Å². The molecule has 5 heteroatoms. The first-order valence-electron chi connectivity index (χ1n) is 18.3. The van der Waals surface area contributed by atoms with Gasteiger partial charge in [-0.1, -0.05) is 127 Å². The van der Waals surface area contributed by atoms with E-state index in [1.807, 2.05) is 42.5 Å². The van der Waals surface area contributed by atoms with Gasteiger partial charge in [-0.15, -0.1) is 0 Å². The summed E-state index contributed by atoms with van der Waals surface area (Å²) >= 11 is 0. The van der Waals surface area contributed by atoms with Crippen LogP contribution in [-0.2, 0) is 0 Å². The molecule has 0 atom stereocenters. The Morgan fingerprint density at radius 3 is 1.15 bits per heavy atom. The molecule has 11 aromatic rings. The summed E-state index contributed by atoms with van der Waals surface area (Å²) in [4.78, 5) is 0. The monoisotopic (exact) mass is 699 g/mol. The summed E-state index contributed by atoms with van der Waals surface area (Å²) in [5, 5.41) is 28.5. The predicted octanol–water partition coefficient (Wildman–Crippen LogP) is 12.4. The molecule has 0 radical (unpaired) electrons. The summed E-state index contributed by atoms with van der Waals surface area (Å²) < 4.78 is 6.69. The zero-order chi connectivity index (χ0) is 36.6. The highest BCUT2D eigenvalue weighted by Gasteiger charge is 2.24. The average molecular weight is 700 g/mol. The molecule has 0 unspecified atom stereocenters. The van der Waals surface area contributed by atoms with Gasteiger partial charge in [0, 0.05) is 54.8 Å². The third-order valence-electron chi connectivity index (χ3n) is 11.1. The molecule has 3 aromatic heterocycles. The minimum absolute atomic E-state index is 0.426. The molecule has 3 heterocycles. The maximum absolute atomic E-state index is 10.9. The van der Waals surface area contributed by atoms with Gasteiger partial charge < -0.3 is 13.7 Å². The normalized spacial score (nSPS) is 11.6. The van der Waals surface area contributed by atoms with Crippen LogP contribution in [0.25, 0.3) is 93.6 Å². The van der Waals surface area contributed by atoms with Crippen LogP contribution < -0.4 is 0 Å². The van der Waals surface area contributed by atoms with Crippen molar-refractivity contribution in [2.45, 2.75) is 0 Å². The van der Waals surface area contributed by atoms with Crippen LogP contribution in [0.2, 0.25) is 0 Å². The second-order valence-electron chi connectivity index (χ2n) is 13.9. The number of hydrogen-bond donors (Lipinski definition) is 0. The fraction of sp³-hybridized carbons (Fsp3) is 0. The summed E-state index contributed by atoms with van der Waals surface area (Å²) in [6.45, 7) is 0. The van der Waals surface area contributed by atoms with Crippen molar-refractivity contribution >= 4 is 65.4 Å². The van der Waals surface area contributed by atoms with Crippen LogP contribution in [0, 0.1) is 22.7 Å². The van der Waals surface area contributed by atoms with E-state index < -0.39 is 0 Å². The Morgan fingerprint density at radius 2 is 0.691 bits per heavy atom. The summed E-state index contributed by atoms with van der Waals surface area (Å²) in [6.07, 6.45) is 0. The van der Waals surface area contributed by atoms with Crippen molar-refractivity contribution in [2.75, 3.05) is 0 Å². The molecule has 0 saturated heterocycles. The van der Waals surface area contributed by atoms with Gasteiger partial charge in [0.15, 0.2) is 0 Å². The molecule has 0 aliphatic heterocycles. The lowest BCUT2D eigenvalue weighted by molar-refractivity contribution is 1.12. The molecule has 8 aromatic carbocycles. The van der Waals surface area contributed by atoms with E-state index in [0.29, 0.717) is 16.8 Å². The van der Waals surface area contributed by atoms with Crippen LogP contribution in [0.3, 0.4) is 0 Å². The minimum Gasteiger partial charge on any atom is -0.309 e. The molecule has 0 aliphatic carbocycles. The van der Waals surface area contributed by atoms with Crippen molar-refractivity contribution in [1.29, 1.82) is 10.5 Å². The fourth-order valence-electron chi connectivity index (χ4n) is 8.91. The second-order valence-corrected chi connectivity index (χ2v) is 13.9. The van der Waals surface area contributed by atoms with E-state index in [0.717, 1.165) is 77.1 Å². The summed E-state index contributed by atoms with van der Waals surface area (Å²) in [5.74, 6) is 0. The fourth-order valence-corrected chi connectivity index (χ4v) is 8.91. The van der Waals surface area contributed by atoms with Crippen LogP contribution in [0.15, 0.2) is 176 Å². The average Bonchev–Trinajstić information content (AvgIpc) is 3.89. The number of benzene rings is 8. The lowest BCUT2D eigenvalue weighted by atomic mass is 9.99. The van der Waals surface area contributed by atoms with E-state index in [-0.39, 0.29) is 0 Å². The number of nitriles is 2. The molecule has 254 valence electrons. The van der Waals surface area contributed by atoms with E-state index in [2.05, 4.69) is 159 Å². The highest BCUT2D eigenvalue weighted by Crippen LogP contribution is 2.44. The Hall–Kier alpha value is -7.86. The van der Waals surface area contributed by atoms with Crippen molar-refractivity contribution in [2.24, 2.45) is 0 Å². The SMILES string of the molecule is N#Cc1cc(-n2c3ccccc3c3cccc(-c4cccc5c6ccccc6n(-c6ccccc6)c45)c32)cc(C#N)c1-n1c2ccccc2c2ccccc21. The van der Waals surface area contributed by atoms with Crippen LogP contribution in [-0.4, -0.2) is 13.7 Å². The molecule has 0 fully saturated rings. The Bertz CT molecular complexity index is 3370. The van der Waals surface area contributed by atoms with Crippen molar-refractivity contribution < 1.29 is 0 Å².